The highest BCUT2D eigenvalue weighted by Gasteiger charge is 2.33. The Labute approximate surface area is 132 Å². The zero-order valence-corrected chi connectivity index (χ0v) is 13.4. The number of carbonyl (C=O) groups is 1. The van der Waals surface area contributed by atoms with Gasteiger partial charge in [0.1, 0.15) is 0 Å². The number of likely N-dealkylation sites (tertiary alicyclic amines) is 1. The van der Waals surface area contributed by atoms with Crippen LogP contribution in [0.2, 0.25) is 0 Å². The Bertz CT molecular complexity index is 466. The Balaban J connectivity index is 1.97. The highest BCUT2D eigenvalue weighted by molar-refractivity contribution is 5.67. The van der Waals surface area contributed by atoms with Gasteiger partial charge in [0.05, 0.1) is 13.2 Å². The van der Waals surface area contributed by atoms with E-state index >= 15 is 0 Å². The van der Waals surface area contributed by atoms with Gasteiger partial charge in [-0.05, 0) is 18.4 Å². The van der Waals surface area contributed by atoms with Gasteiger partial charge in [0.2, 0.25) is 0 Å². The van der Waals surface area contributed by atoms with Crippen LogP contribution in [0.3, 0.4) is 0 Å². The summed E-state index contributed by atoms with van der Waals surface area (Å²) >= 11 is 0. The number of aliphatic hydroxyl groups is 1. The molecule has 2 rings (SSSR count). The number of ether oxygens (including phenoxy) is 1. The van der Waals surface area contributed by atoms with E-state index < -0.39 is 0 Å². The number of piperidine rings is 1. The second-order valence-electron chi connectivity index (χ2n) is 5.91. The molecule has 0 aliphatic carbocycles. The fourth-order valence-electron chi connectivity index (χ4n) is 3.03. The summed E-state index contributed by atoms with van der Waals surface area (Å²) in [4.78, 5) is 13.5. The van der Waals surface area contributed by atoms with Crippen molar-refractivity contribution >= 4 is 6.09 Å². The Morgan fingerprint density at radius 2 is 2.14 bits per heavy atom. The van der Waals surface area contributed by atoms with E-state index in [2.05, 4.69) is 17.4 Å². The number of benzene rings is 1. The van der Waals surface area contributed by atoms with E-state index in [9.17, 15) is 9.90 Å². The van der Waals surface area contributed by atoms with Crippen molar-refractivity contribution in [2.24, 2.45) is 5.92 Å². The molecule has 1 aromatic carbocycles. The predicted molar refractivity (Wildman–Crippen MR) is 85.5 cm³/mol. The van der Waals surface area contributed by atoms with Crippen LogP contribution in [-0.4, -0.2) is 48.4 Å². The molecular weight excluding hydrogens is 280 g/mol. The Hall–Kier alpha value is -1.59. The molecular formula is C17H26N2O3. The summed E-state index contributed by atoms with van der Waals surface area (Å²) in [5, 5.41) is 13.6. The van der Waals surface area contributed by atoms with E-state index in [1.165, 1.54) is 12.7 Å². The molecule has 1 saturated heterocycles. The second kappa shape index (κ2) is 8.15. The highest BCUT2D eigenvalue weighted by atomic mass is 16.5. The van der Waals surface area contributed by atoms with Gasteiger partial charge in [-0.1, -0.05) is 37.3 Å². The van der Waals surface area contributed by atoms with Crippen molar-refractivity contribution in [3.63, 3.8) is 0 Å². The van der Waals surface area contributed by atoms with E-state index in [0.29, 0.717) is 19.5 Å². The molecule has 1 aliphatic rings. The summed E-state index contributed by atoms with van der Waals surface area (Å²) in [5.41, 5.74) is 1.21. The zero-order chi connectivity index (χ0) is 15.9. The van der Waals surface area contributed by atoms with Crippen LogP contribution < -0.4 is 5.32 Å². The standard InChI is InChI=1S/C17H26N2O3/c1-3-16(20)14-9-15(12-19(11-14)17(21)22-2)18-10-13-7-5-4-6-8-13/h4-8,14-16,18,20H,3,9-12H2,1-2H3. The molecule has 0 saturated carbocycles. The first-order valence-electron chi connectivity index (χ1n) is 7.92. The van der Waals surface area contributed by atoms with Crippen LogP contribution in [0.15, 0.2) is 30.3 Å². The van der Waals surface area contributed by atoms with Crippen LogP contribution >= 0.6 is 0 Å². The second-order valence-corrected chi connectivity index (χ2v) is 5.91. The first kappa shape index (κ1) is 16.8. The Kier molecular flexibility index (Phi) is 6.21. The Morgan fingerprint density at radius 3 is 2.77 bits per heavy atom. The molecule has 2 N–H and O–H groups in total. The molecule has 5 nitrogen and oxygen atoms in total. The zero-order valence-electron chi connectivity index (χ0n) is 13.4. The van der Waals surface area contributed by atoms with Crippen LogP contribution in [-0.2, 0) is 11.3 Å². The van der Waals surface area contributed by atoms with Gasteiger partial charge in [-0.15, -0.1) is 0 Å². The lowest BCUT2D eigenvalue weighted by atomic mass is 9.88. The number of nitrogens with one attached hydrogen (secondary N) is 1. The van der Waals surface area contributed by atoms with Crippen molar-refractivity contribution in [2.45, 2.75) is 38.5 Å². The smallest absolute Gasteiger partial charge is 0.409 e. The fourth-order valence-corrected chi connectivity index (χ4v) is 3.03. The lowest BCUT2D eigenvalue weighted by molar-refractivity contribution is 0.0325. The van der Waals surface area contributed by atoms with Gasteiger partial charge in [0, 0.05) is 31.6 Å². The number of rotatable bonds is 5. The number of nitrogens with zero attached hydrogens (tertiary/aromatic N) is 1. The number of hydrogen-bond donors (Lipinski definition) is 2. The molecule has 0 radical (unpaired) electrons. The van der Waals surface area contributed by atoms with E-state index in [4.69, 9.17) is 4.74 Å². The number of aliphatic hydroxyl groups excluding tert-OH is 1. The first-order valence-corrected chi connectivity index (χ1v) is 7.92. The average molecular weight is 306 g/mol. The molecule has 22 heavy (non-hydrogen) atoms. The molecule has 5 heteroatoms. The van der Waals surface area contributed by atoms with Crippen LogP contribution in [0.25, 0.3) is 0 Å². The molecule has 3 atom stereocenters. The van der Waals surface area contributed by atoms with Crippen LogP contribution in [0.4, 0.5) is 4.79 Å². The van der Waals surface area contributed by atoms with E-state index in [-0.39, 0.29) is 24.2 Å². The molecule has 1 heterocycles. The quantitative estimate of drug-likeness (QED) is 0.873. The monoisotopic (exact) mass is 306 g/mol. The van der Waals surface area contributed by atoms with Gasteiger partial charge < -0.3 is 20.1 Å². The summed E-state index contributed by atoms with van der Waals surface area (Å²) in [6.07, 6.45) is 0.869. The molecule has 1 aliphatic heterocycles. The lowest BCUT2D eigenvalue weighted by Gasteiger charge is -2.39. The lowest BCUT2D eigenvalue weighted by Crippen LogP contribution is -2.53. The summed E-state index contributed by atoms with van der Waals surface area (Å²) in [6, 6.07) is 10.3. The third-order valence-corrected chi connectivity index (χ3v) is 4.32. The fraction of sp³-hybridized carbons (Fsp3) is 0.588. The summed E-state index contributed by atoms with van der Waals surface area (Å²) in [6.45, 7) is 3.90. The predicted octanol–water partition coefficient (Wildman–Crippen LogP) is 2.00. The maximum absolute atomic E-state index is 11.8. The maximum Gasteiger partial charge on any atom is 0.409 e. The minimum Gasteiger partial charge on any atom is -0.453 e. The van der Waals surface area contributed by atoms with Gasteiger partial charge in [0.25, 0.3) is 0 Å². The van der Waals surface area contributed by atoms with E-state index in [0.717, 1.165) is 13.0 Å². The number of hydrogen-bond acceptors (Lipinski definition) is 4. The van der Waals surface area contributed by atoms with E-state index in [1.54, 1.807) is 4.90 Å². The van der Waals surface area contributed by atoms with Crippen LogP contribution in [0, 0.1) is 5.92 Å². The summed E-state index contributed by atoms with van der Waals surface area (Å²) in [7, 11) is 1.40. The third-order valence-electron chi connectivity index (χ3n) is 4.32. The minimum atomic E-state index is -0.381. The molecule has 1 aromatic rings. The highest BCUT2D eigenvalue weighted by Crippen LogP contribution is 2.22. The minimum absolute atomic E-state index is 0.0890. The molecule has 1 fully saturated rings. The number of methoxy groups -OCH3 is 1. The van der Waals surface area contributed by atoms with Gasteiger partial charge in [-0.3, -0.25) is 0 Å². The van der Waals surface area contributed by atoms with Gasteiger partial charge in [-0.25, -0.2) is 4.79 Å². The topological polar surface area (TPSA) is 61.8 Å². The van der Waals surface area contributed by atoms with Gasteiger partial charge in [-0.2, -0.15) is 0 Å². The largest absolute Gasteiger partial charge is 0.453 e. The summed E-state index contributed by atoms with van der Waals surface area (Å²) < 4.78 is 4.84. The third kappa shape index (κ3) is 4.45. The molecule has 1 amide bonds. The molecule has 0 spiro atoms. The first-order chi connectivity index (χ1) is 10.6. The normalized spacial score (nSPS) is 23.1. The summed E-state index contributed by atoms with van der Waals surface area (Å²) in [5.74, 6) is 0.0890. The van der Waals surface area contributed by atoms with Crippen molar-refractivity contribution in [1.29, 1.82) is 0 Å². The molecule has 0 bridgehead atoms. The number of amides is 1. The van der Waals surface area contributed by atoms with Crippen molar-refractivity contribution in [2.75, 3.05) is 20.2 Å². The van der Waals surface area contributed by atoms with Gasteiger partial charge in [0.15, 0.2) is 0 Å². The molecule has 3 unspecified atom stereocenters. The Morgan fingerprint density at radius 1 is 1.41 bits per heavy atom. The maximum atomic E-state index is 11.8. The van der Waals surface area contributed by atoms with Crippen LogP contribution in [0.1, 0.15) is 25.3 Å². The van der Waals surface area contributed by atoms with E-state index in [1.807, 2.05) is 25.1 Å². The SMILES string of the molecule is CCC(O)C1CC(NCc2ccccc2)CN(C(=O)OC)C1. The van der Waals surface area contributed by atoms with Crippen molar-refractivity contribution < 1.29 is 14.6 Å². The van der Waals surface area contributed by atoms with Crippen molar-refractivity contribution in [3.8, 4) is 0 Å². The van der Waals surface area contributed by atoms with Crippen molar-refractivity contribution in [3.05, 3.63) is 35.9 Å². The van der Waals surface area contributed by atoms with Crippen LogP contribution in [0.5, 0.6) is 0 Å². The van der Waals surface area contributed by atoms with Gasteiger partial charge >= 0.3 is 6.09 Å². The number of carbonyl (C=O) groups excluding carboxylic acids is 1. The van der Waals surface area contributed by atoms with Crippen molar-refractivity contribution in [1.82, 2.24) is 10.2 Å². The molecule has 122 valence electrons. The molecule has 0 aromatic heterocycles. The average Bonchev–Trinajstić information content (AvgIpc) is 2.59.